The molecule has 0 aromatic carbocycles. The molecule has 4 nitrogen and oxygen atoms in total. The van der Waals surface area contributed by atoms with Crippen molar-refractivity contribution in [2.24, 2.45) is 5.73 Å². The molecule has 4 heteroatoms. The quantitative estimate of drug-likeness (QED) is 0.572. The molecule has 3 N–H and O–H groups in total. The molecule has 58 valence electrons. The molecule has 0 radical (unpaired) electrons. The Morgan fingerprint density at radius 3 is 2.30 bits per heavy atom. The van der Waals surface area contributed by atoms with E-state index >= 15 is 0 Å². The summed E-state index contributed by atoms with van der Waals surface area (Å²) in [7, 11) is 0. The summed E-state index contributed by atoms with van der Waals surface area (Å²) in [5.41, 5.74) is 5.27. The normalized spacial score (nSPS) is 12.6. The van der Waals surface area contributed by atoms with Gasteiger partial charge in [-0.15, -0.1) is 0 Å². The van der Waals surface area contributed by atoms with Crippen LogP contribution in [-0.4, -0.2) is 22.9 Å². The van der Waals surface area contributed by atoms with Crippen LogP contribution in [0, 0.1) is 0 Å². The lowest BCUT2D eigenvalue weighted by molar-refractivity contribution is -0.137. The van der Waals surface area contributed by atoms with E-state index in [1.165, 1.54) is 6.92 Å². The Bertz CT molecular complexity index is 128. The SMILES string of the molecule is CC(=O)CC(N)CC(=O)O. The Labute approximate surface area is 59.0 Å². The molecule has 0 saturated heterocycles. The zero-order valence-electron chi connectivity index (χ0n) is 5.83. The highest BCUT2D eigenvalue weighted by molar-refractivity contribution is 5.77. The lowest BCUT2D eigenvalue weighted by Crippen LogP contribution is -2.25. The van der Waals surface area contributed by atoms with Crippen molar-refractivity contribution >= 4 is 11.8 Å². The van der Waals surface area contributed by atoms with Crippen LogP contribution in [0.3, 0.4) is 0 Å². The van der Waals surface area contributed by atoms with Crippen LogP contribution in [0.4, 0.5) is 0 Å². The van der Waals surface area contributed by atoms with E-state index < -0.39 is 12.0 Å². The molecule has 0 aromatic heterocycles. The maximum Gasteiger partial charge on any atom is 0.304 e. The molecular weight excluding hydrogens is 134 g/mol. The zero-order chi connectivity index (χ0) is 8.15. The van der Waals surface area contributed by atoms with E-state index in [2.05, 4.69) is 0 Å². The Kier molecular flexibility index (Phi) is 3.64. The van der Waals surface area contributed by atoms with E-state index in [0.29, 0.717) is 0 Å². The van der Waals surface area contributed by atoms with Gasteiger partial charge < -0.3 is 10.8 Å². The van der Waals surface area contributed by atoms with E-state index in [9.17, 15) is 9.59 Å². The average molecular weight is 145 g/mol. The van der Waals surface area contributed by atoms with E-state index in [1.54, 1.807) is 0 Å². The average Bonchev–Trinajstić information content (AvgIpc) is 1.58. The van der Waals surface area contributed by atoms with Gasteiger partial charge in [-0.2, -0.15) is 0 Å². The summed E-state index contributed by atoms with van der Waals surface area (Å²) in [6, 6.07) is -0.532. The smallest absolute Gasteiger partial charge is 0.304 e. The molecule has 0 rings (SSSR count). The number of nitrogens with two attached hydrogens (primary N) is 1. The van der Waals surface area contributed by atoms with E-state index in [1.807, 2.05) is 0 Å². The summed E-state index contributed by atoms with van der Waals surface area (Å²) in [6.45, 7) is 1.39. The number of rotatable bonds is 4. The highest BCUT2D eigenvalue weighted by Gasteiger charge is 2.09. The molecular formula is C6H11NO3. The highest BCUT2D eigenvalue weighted by atomic mass is 16.4. The minimum Gasteiger partial charge on any atom is -0.481 e. The van der Waals surface area contributed by atoms with Crippen LogP contribution in [0.1, 0.15) is 19.8 Å². The molecule has 0 bridgehead atoms. The van der Waals surface area contributed by atoms with Crippen LogP contribution < -0.4 is 5.73 Å². The van der Waals surface area contributed by atoms with Crippen molar-refractivity contribution in [3.63, 3.8) is 0 Å². The third-order valence-corrected chi connectivity index (χ3v) is 0.986. The first-order valence-corrected chi connectivity index (χ1v) is 2.99. The molecule has 0 heterocycles. The lowest BCUT2D eigenvalue weighted by Gasteiger charge is -2.03. The third-order valence-electron chi connectivity index (χ3n) is 0.986. The largest absolute Gasteiger partial charge is 0.481 e. The van der Waals surface area contributed by atoms with Gasteiger partial charge in [0.2, 0.25) is 0 Å². The summed E-state index contributed by atoms with van der Waals surface area (Å²) in [5.74, 6) is -1.04. The van der Waals surface area contributed by atoms with Crippen molar-refractivity contribution in [2.75, 3.05) is 0 Å². The predicted molar refractivity (Wildman–Crippen MR) is 35.5 cm³/mol. The molecule has 0 saturated carbocycles. The van der Waals surface area contributed by atoms with Crippen LogP contribution in [0.2, 0.25) is 0 Å². The Hall–Kier alpha value is -0.900. The van der Waals surface area contributed by atoms with Crippen LogP contribution in [0.25, 0.3) is 0 Å². The summed E-state index contributed by atoms with van der Waals surface area (Å²) in [5, 5.41) is 8.21. The van der Waals surface area contributed by atoms with Crippen LogP contribution >= 0.6 is 0 Å². The second-order valence-corrected chi connectivity index (χ2v) is 2.26. The number of ketones is 1. The van der Waals surface area contributed by atoms with Crippen LogP contribution in [0.15, 0.2) is 0 Å². The molecule has 10 heavy (non-hydrogen) atoms. The first kappa shape index (κ1) is 9.10. The van der Waals surface area contributed by atoms with Crippen LogP contribution in [0.5, 0.6) is 0 Å². The minimum absolute atomic E-state index is 0.0752. The van der Waals surface area contributed by atoms with Crippen molar-refractivity contribution in [3.8, 4) is 0 Å². The molecule has 1 unspecified atom stereocenters. The van der Waals surface area contributed by atoms with Crippen molar-refractivity contribution < 1.29 is 14.7 Å². The molecule has 0 spiro atoms. The maximum atomic E-state index is 10.4. The topological polar surface area (TPSA) is 80.4 Å². The summed E-state index contributed by atoms with van der Waals surface area (Å²) < 4.78 is 0. The van der Waals surface area contributed by atoms with Gasteiger partial charge in [0.25, 0.3) is 0 Å². The van der Waals surface area contributed by atoms with Gasteiger partial charge >= 0.3 is 5.97 Å². The zero-order valence-corrected chi connectivity index (χ0v) is 5.83. The molecule has 0 aliphatic rings. The predicted octanol–water partition coefficient (Wildman–Crippen LogP) is -0.233. The standard InChI is InChI=1S/C6H11NO3/c1-4(8)2-5(7)3-6(9)10/h5H,2-3,7H2,1H3,(H,9,10). The van der Waals surface area contributed by atoms with Gasteiger partial charge in [0, 0.05) is 12.5 Å². The number of hydrogen-bond acceptors (Lipinski definition) is 3. The van der Waals surface area contributed by atoms with E-state index in [4.69, 9.17) is 10.8 Å². The fourth-order valence-corrected chi connectivity index (χ4v) is 0.666. The number of carboxylic acids is 1. The van der Waals surface area contributed by atoms with E-state index in [0.717, 1.165) is 0 Å². The fourth-order valence-electron chi connectivity index (χ4n) is 0.666. The highest BCUT2D eigenvalue weighted by Crippen LogP contribution is 1.94. The van der Waals surface area contributed by atoms with Crippen molar-refractivity contribution in [1.82, 2.24) is 0 Å². The maximum absolute atomic E-state index is 10.4. The molecule has 1 atom stereocenters. The van der Waals surface area contributed by atoms with Gasteiger partial charge in [-0.3, -0.25) is 9.59 Å². The summed E-state index contributed by atoms with van der Waals surface area (Å²) >= 11 is 0. The van der Waals surface area contributed by atoms with E-state index in [-0.39, 0.29) is 18.6 Å². The lowest BCUT2D eigenvalue weighted by atomic mass is 10.1. The van der Waals surface area contributed by atoms with Gasteiger partial charge in [-0.25, -0.2) is 0 Å². The third kappa shape index (κ3) is 5.24. The molecule has 0 amide bonds. The number of carbonyl (C=O) groups is 2. The number of Topliss-reactive ketones (excluding diaryl/α,β-unsaturated/α-hetero) is 1. The summed E-state index contributed by atoms with van der Waals surface area (Å²) in [4.78, 5) is 20.4. The van der Waals surface area contributed by atoms with Gasteiger partial charge in [0.1, 0.15) is 5.78 Å². The van der Waals surface area contributed by atoms with Gasteiger partial charge in [0.15, 0.2) is 0 Å². The monoisotopic (exact) mass is 145 g/mol. The Balaban J connectivity index is 3.53. The van der Waals surface area contributed by atoms with Gasteiger partial charge in [-0.1, -0.05) is 0 Å². The molecule has 0 fully saturated rings. The number of aliphatic carboxylic acids is 1. The second-order valence-electron chi connectivity index (χ2n) is 2.26. The minimum atomic E-state index is -0.964. The van der Waals surface area contributed by atoms with Gasteiger partial charge in [-0.05, 0) is 6.92 Å². The molecule has 0 aliphatic carbocycles. The molecule has 0 aliphatic heterocycles. The first-order valence-electron chi connectivity index (χ1n) is 2.99. The number of carboxylic acid groups (broad SMARTS) is 1. The second kappa shape index (κ2) is 4.00. The van der Waals surface area contributed by atoms with Crippen molar-refractivity contribution in [3.05, 3.63) is 0 Å². The number of carbonyl (C=O) groups excluding carboxylic acids is 1. The van der Waals surface area contributed by atoms with Crippen molar-refractivity contribution in [1.29, 1.82) is 0 Å². The first-order chi connectivity index (χ1) is 4.52. The van der Waals surface area contributed by atoms with Crippen molar-refractivity contribution in [2.45, 2.75) is 25.8 Å². The fraction of sp³-hybridized carbons (Fsp3) is 0.667. The summed E-state index contributed by atoms with van der Waals surface area (Å²) in [6.07, 6.45) is 0.00583. The Morgan fingerprint density at radius 1 is 1.50 bits per heavy atom. The van der Waals surface area contributed by atoms with Crippen LogP contribution in [-0.2, 0) is 9.59 Å². The number of hydrogen-bond donors (Lipinski definition) is 2. The Morgan fingerprint density at radius 2 is 2.00 bits per heavy atom. The molecule has 0 aromatic rings. The van der Waals surface area contributed by atoms with Gasteiger partial charge in [0.05, 0.1) is 6.42 Å².